The number of nitrogens with zero attached hydrogens (tertiary/aromatic N) is 2. The van der Waals surface area contributed by atoms with E-state index in [1.54, 1.807) is 25.5 Å². The smallest absolute Gasteiger partial charge is 0.338 e. The molecule has 10 heteroatoms. The van der Waals surface area contributed by atoms with Crippen molar-refractivity contribution < 1.29 is 19.0 Å². The summed E-state index contributed by atoms with van der Waals surface area (Å²) in [7, 11) is 1.59. The number of hydrogen-bond donors (Lipinski definition) is 0. The van der Waals surface area contributed by atoms with Gasteiger partial charge in [0.1, 0.15) is 18.1 Å². The first-order valence-electron chi connectivity index (χ1n) is 12.8. The second kappa shape index (κ2) is 12.9. The number of fused-ring (bicyclic) bond motifs is 1. The highest BCUT2D eigenvalue weighted by Crippen LogP contribution is 2.31. The highest BCUT2D eigenvalue weighted by Gasteiger charge is 2.33. The Labute approximate surface area is 268 Å². The van der Waals surface area contributed by atoms with Gasteiger partial charge in [0.2, 0.25) is 0 Å². The topological polar surface area (TPSA) is 79.1 Å². The lowest BCUT2D eigenvalue weighted by molar-refractivity contribution is -0.139. The molecule has 1 aromatic heterocycles. The third-order valence-electron chi connectivity index (χ3n) is 6.51. The van der Waals surface area contributed by atoms with E-state index in [-0.39, 0.29) is 12.2 Å². The maximum atomic E-state index is 13.8. The van der Waals surface area contributed by atoms with E-state index in [4.69, 9.17) is 14.2 Å². The lowest BCUT2D eigenvalue weighted by atomic mass is 9.96. The molecule has 0 saturated carbocycles. The molecule has 7 nitrogen and oxygen atoms in total. The monoisotopic (exact) mass is 792 g/mol. The van der Waals surface area contributed by atoms with Crippen LogP contribution in [0.3, 0.4) is 0 Å². The molecule has 1 atom stereocenters. The Morgan fingerprint density at radius 3 is 2.46 bits per heavy atom. The van der Waals surface area contributed by atoms with Gasteiger partial charge in [-0.25, -0.2) is 9.79 Å². The molecule has 2 heterocycles. The minimum Gasteiger partial charge on any atom is -0.497 e. The van der Waals surface area contributed by atoms with Gasteiger partial charge in [0.25, 0.3) is 5.56 Å². The van der Waals surface area contributed by atoms with Crippen LogP contribution in [0.25, 0.3) is 6.08 Å². The van der Waals surface area contributed by atoms with Crippen LogP contribution in [-0.2, 0) is 16.1 Å². The lowest BCUT2D eigenvalue weighted by Gasteiger charge is -2.24. The normalized spacial score (nSPS) is 14.9. The molecule has 4 aromatic rings. The number of hydrogen-bond acceptors (Lipinski definition) is 7. The van der Waals surface area contributed by atoms with Gasteiger partial charge >= 0.3 is 5.97 Å². The maximum absolute atomic E-state index is 13.8. The van der Waals surface area contributed by atoms with Gasteiger partial charge in [0.05, 0.1) is 39.1 Å². The summed E-state index contributed by atoms with van der Waals surface area (Å²) in [6, 6.07) is 20.7. The molecule has 3 aromatic carbocycles. The van der Waals surface area contributed by atoms with Crippen LogP contribution in [0, 0.1) is 7.14 Å². The second-order valence-corrected chi connectivity index (χ2v) is 12.6. The van der Waals surface area contributed by atoms with Crippen LogP contribution in [-0.4, -0.2) is 24.3 Å². The van der Waals surface area contributed by atoms with E-state index in [1.165, 1.54) is 11.3 Å². The van der Waals surface area contributed by atoms with Crippen LogP contribution >= 0.6 is 56.5 Å². The third-order valence-corrected chi connectivity index (χ3v) is 9.01. The average Bonchev–Trinajstić information content (AvgIpc) is 3.26. The standard InChI is InChI=1S/C31H26I2N2O5S/c1-4-39-30(37)27-18(2)34-31-35(28(27)21-9-12-23(38-3)13-10-21)29(36)26(41-31)15-19-5-7-20(8-6-19)17-40-25-14-11-22(32)16-24(25)33/h5-16,28H,4,17H2,1-3H3/b26-15-/t28-/m1/s1. The number of methoxy groups -OCH3 is 1. The van der Waals surface area contributed by atoms with E-state index in [0.29, 0.717) is 33.0 Å². The first-order valence-corrected chi connectivity index (χ1v) is 15.8. The number of aromatic nitrogens is 1. The van der Waals surface area contributed by atoms with Crippen LogP contribution in [0.1, 0.15) is 36.6 Å². The summed E-state index contributed by atoms with van der Waals surface area (Å²) in [6.45, 7) is 4.20. The Morgan fingerprint density at radius 1 is 1.07 bits per heavy atom. The predicted octanol–water partition coefficient (Wildman–Crippen LogP) is 5.60. The van der Waals surface area contributed by atoms with E-state index >= 15 is 0 Å². The van der Waals surface area contributed by atoms with Crippen LogP contribution < -0.4 is 24.4 Å². The van der Waals surface area contributed by atoms with Crippen molar-refractivity contribution in [3.8, 4) is 11.5 Å². The predicted molar refractivity (Wildman–Crippen MR) is 176 cm³/mol. The highest BCUT2D eigenvalue weighted by atomic mass is 127. The molecule has 0 radical (unpaired) electrons. The van der Waals surface area contributed by atoms with E-state index in [1.807, 2.05) is 66.7 Å². The van der Waals surface area contributed by atoms with Crippen LogP contribution in [0.4, 0.5) is 0 Å². The molecular weight excluding hydrogens is 766 g/mol. The van der Waals surface area contributed by atoms with Crippen molar-refractivity contribution in [3.63, 3.8) is 0 Å². The number of rotatable bonds is 8. The molecule has 41 heavy (non-hydrogen) atoms. The Kier molecular flexibility index (Phi) is 9.29. The number of carbonyl (C=O) groups excluding carboxylic acids is 1. The zero-order chi connectivity index (χ0) is 29.1. The number of benzene rings is 3. The van der Waals surface area contributed by atoms with Gasteiger partial charge in [-0.2, -0.15) is 0 Å². The molecule has 0 spiro atoms. The van der Waals surface area contributed by atoms with Gasteiger partial charge in [0, 0.05) is 3.57 Å². The van der Waals surface area contributed by atoms with Crippen molar-refractivity contribution in [2.24, 2.45) is 4.99 Å². The molecule has 1 aliphatic rings. The van der Waals surface area contributed by atoms with Crippen molar-refractivity contribution in [2.75, 3.05) is 13.7 Å². The molecule has 0 unspecified atom stereocenters. The largest absolute Gasteiger partial charge is 0.497 e. The van der Waals surface area contributed by atoms with E-state index in [0.717, 1.165) is 29.6 Å². The first-order chi connectivity index (χ1) is 19.8. The van der Waals surface area contributed by atoms with Gasteiger partial charge in [-0.1, -0.05) is 47.7 Å². The SMILES string of the molecule is CCOC(=O)C1=C(C)N=c2s/c(=C\c3ccc(COc4ccc(I)cc4I)cc3)c(=O)n2[C@@H]1c1ccc(OC)cc1. The Hall–Kier alpha value is -2.97. The average molecular weight is 792 g/mol. The van der Waals surface area contributed by atoms with Crippen LogP contribution in [0.2, 0.25) is 0 Å². The number of halogens is 2. The van der Waals surface area contributed by atoms with Gasteiger partial charge in [-0.3, -0.25) is 9.36 Å². The number of allylic oxidation sites excluding steroid dienone is 1. The fraction of sp³-hybridized carbons (Fsp3) is 0.194. The molecule has 0 amide bonds. The molecule has 0 saturated heterocycles. The highest BCUT2D eigenvalue weighted by molar-refractivity contribution is 14.1. The third kappa shape index (κ3) is 6.44. The maximum Gasteiger partial charge on any atom is 0.338 e. The van der Waals surface area contributed by atoms with Crippen molar-refractivity contribution in [1.82, 2.24) is 4.57 Å². The van der Waals surface area contributed by atoms with E-state index in [2.05, 4.69) is 56.2 Å². The Bertz CT molecular complexity index is 1810. The Morgan fingerprint density at radius 2 is 1.80 bits per heavy atom. The summed E-state index contributed by atoms with van der Waals surface area (Å²) in [5.41, 5.74) is 3.33. The molecule has 0 fully saturated rings. The van der Waals surface area contributed by atoms with Gasteiger partial charge < -0.3 is 14.2 Å². The van der Waals surface area contributed by atoms with Crippen molar-refractivity contribution in [1.29, 1.82) is 0 Å². The minimum atomic E-state index is -0.665. The van der Waals surface area contributed by atoms with Crippen LogP contribution in [0.15, 0.2) is 87.8 Å². The fourth-order valence-corrected chi connectivity index (χ4v) is 7.31. The molecule has 210 valence electrons. The van der Waals surface area contributed by atoms with E-state index < -0.39 is 12.0 Å². The molecule has 5 rings (SSSR count). The zero-order valence-electron chi connectivity index (χ0n) is 22.5. The first kappa shape index (κ1) is 29.5. The van der Waals surface area contributed by atoms with Crippen LogP contribution in [0.5, 0.6) is 11.5 Å². The Balaban J connectivity index is 1.48. The molecule has 0 aliphatic carbocycles. The molecule has 0 bridgehead atoms. The number of esters is 1. The minimum absolute atomic E-state index is 0.218. The number of carbonyl (C=O) groups is 1. The summed E-state index contributed by atoms with van der Waals surface area (Å²) in [6.07, 6.45) is 1.85. The molecule has 0 N–H and O–H groups in total. The molecule has 1 aliphatic heterocycles. The summed E-state index contributed by atoms with van der Waals surface area (Å²) in [4.78, 5) is 32.0. The second-order valence-electron chi connectivity index (χ2n) is 9.18. The number of ether oxygens (including phenoxy) is 3. The van der Waals surface area contributed by atoms with Gasteiger partial charge in [-0.05, 0) is 112 Å². The lowest BCUT2D eigenvalue weighted by Crippen LogP contribution is -2.39. The summed E-state index contributed by atoms with van der Waals surface area (Å²) < 4.78 is 21.0. The summed E-state index contributed by atoms with van der Waals surface area (Å²) in [5, 5.41) is 0. The van der Waals surface area contributed by atoms with Gasteiger partial charge in [0.15, 0.2) is 4.80 Å². The number of thiazole rings is 1. The fourth-order valence-electron chi connectivity index (χ4n) is 4.51. The quantitative estimate of drug-likeness (QED) is 0.172. The zero-order valence-corrected chi connectivity index (χ0v) is 27.7. The summed E-state index contributed by atoms with van der Waals surface area (Å²) in [5.74, 6) is 1.04. The van der Waals surface area contributed by atoms with Gasteiger partial charge in [-0.15, -0.1) is 0 Å². The van der Waals surface area contributed by atoms with Crippen molar-refractivity contribution >= 4 is 68.6 Å². The summed E-state index contributed by atoms with van der Waals surface area (Å²) >= 11 is 5.86. The van der Waals surface area contributed by atoms with Crippen molar-refractivity contribution in [2.45, 2.75) is 26.5 Å². The molecular formula is C31H26I2N2O5S. The van der Waals surface area contributed by atoms with E-state index in [9.17, 15) is 9.59 Å². The van der Waals surface area contributed by atoms with Crippen molar-refractivity contribution in [3.05, 3.63) is 122 Å².